The summed E-state index contributed by atoms with van der Waals surface area (Å²) in [7, 11) is 0. The Morgan fingerprint density at radius 3 is 3.04 bits per heavy atom. The molecule has 0 amide bonds. The third-order valence-electron chi connectivity index (χ3n) is 5.19. The molecule has 1 saturated heterocycles. The van der Waals surface area contributed by atoms with Crippen LogP contribution in [-0.4, -0.2) is 41.2 Å². The summed E-state index contributed by atoms with van der Waals surface area (Å²) >= 11 is 1.14. The number of carbonyl (C=O) groups is 1. The number of nitrogens with one attached hydrogen (secondary N) is 1. The molecule has 27 heavy (non-hydrogen) atoms. The van der Waals surface area contributed by atoms with Crippen LogP contribution in [-0.2, 0) is 6.61 Å². The van der Waals surface area contributed by atoms with Crippen LogP contribution in [0.3, 0.4) is 0 Å². The van der Waals surface area contributed by atoms with Crippen LogP contribution < -0.4 is 20.4 Å². The Bertz CT molecular complexity index is 1190. The average Bonchev–Trinajstić information content (AvgIpc) is 3.04. The molecule has 9 heteroatoms. The Morgan fingerprint density at radius 1 is 1.48 bits per heavy atom. The molecule has 7 nitrogen and oxygen atoms in total. The first-order valence-corrected chi connectivity index (χ1v) is 9.51. The van der Waals surface area contributed by atoms with Crippen LogP contribution in [0.1, 0.15) is 22.8 Å². The van der Waals surface area contributed by atoms with Crippen molar-refractivity contribution in [1.82, 2.24) is 9.72 Å². The van der Waals surface area contributed by atoms with Crippen LogP contribution in [0, 0.1) is 5.82 Å². The number of thiazole rings is 1. The molecule has 0 spiro atoms. The van der Waals surface area contributed by atoms with Gasteiger partial charge < -0.3 is 20.1 Å². The fourth-order valence-electron chi connectivity index (χ4n) is 4.08. The van der Waals surface area contributed by atoms with Crippen LogP contribution >= 0.6 is 11.3 Å². The molecule has 140 valence electrons. The summed E-state index contributed by atoms with van der Waals surface area (Å²) in [4.78, 5) is 26.8. The molecule has 2 aromatic heterocycles. The van der Waals surface area contributed by atoms with E-state index in [2.05, 4.69) is 5.32 Å². The van der Waals surface area contributed by atoms with Gasteiger partial charge in [0, 0.05) is 31.2 Å². The third-order valence-corrected chi connectivity index (χ3v) is 6.12. The largest absolute Gasteiger partial charge is 0.477 e. The van der Waals surface area contributed by atoms with Gasteiger partial charge >= 0.3 is 5.97 Å². The Labute approximate surface area is 156 Å². The minimum Gasteiger partial charge on any atom is -0.477 e. The van der Waals surface area contributed by atoms with Gasteiger partial charge in [-0.25, -0.2) is 9.18 Å². The number of ether oxygens (including phenoxy) is 1. The molecule has 0 bridgehead atoms. The van der Waals surface area contributed by atoms with Crippen LogP contribution in [0.4, 0.5) is 10.1 Å². The van der Waals surface area contributed by atoms with Gasteiger partial charge in [0.05, 0.1) is 22.0 Å². The lowest BCUT2D eigenvalue weighted by atomic mass is 10.0. The van der Waals surface area contributed by atoms with Crippen LogP contribution in [0.2, 0.25) is 0 Å². The Balaban J connectivity index is 1.91. The van der Waals surface area contributed by atoms with Crippen LogP contribution in [0.25, 0.3) is 15.7 Å². The first kappa shape index (κ1) is 16.5. The molecule has 2 N–H and O–H groups in total. The highest BCUT2D eigenvalue weighted by molar-refractivity contribution is 7.16. The summed E-state index contributed by atoms with van der Waals surface area (Å²) < 4.78 is 22.5. The second-order valence-electron chi connectivity index (χ2n) is 6.90. The number of halogens is 1. The van der Waals surface area contributed by atoms with Crippen molar-refractivity contribution in [3.8, 4) is 5.88 Å². The van der Waals surface area contributed by atoms with E-state index >= 15 is 4.39 Å². The minimum atomic E-state index is -1.32. The minimum absolute atomic E-state index is 0.0762. The predicted octanol–water partition coefficient (Wildman–Crippen LogP) is 2.04. The smallest absolute Gasteiger partial charge is 0.342 e. The topological polar surface area (TPSA) is 83.3 Å². The number of hydrogen-bond donors (Lipinski definition) is 2. The van der Waals surface area contributed by atoms with Gasteiger partial charge in [0.15, 0.2) is 0 Å². The Morgan fingerprint density at radius 2 is 2.30 bits per heavy atom. The number of aromatic nitrogens is 1. The molecule has 4 heterocycles. The van der Waals surface area contributed by atoms with Crippen LogP contribution in [0.15, 0.2) is 16.2 Å². The van der Waals surface area contributed by atoms with Gasteiger partial charge in [-0.05, 0) is 13.0 Å². The molecule has 5 rings (SSSR count). The van der Waals surface area contributed by atoms with Crippen molar-refractivity contribution in [2.45, 2.75) is 19.6 Å². The van der Waals surface area contributed by atoms with E-state index in [1.165, 1.54) is 6.07 Å². The van der Waals surface area contributed by atoms with Crippen molar-refractivity contribution in [2.24, 2.45) is 0 Å². The molecule has 2 aliphatic rings. The molecule has 1 atom stereocenters. The zero-order valence-corrected chi connectivity index (χ0v) is 15.2. The van der Waals surface area contributed by atoms with E-state index in [4.69, 9.17) is 4.74 Å². The first-order valence-electron chi connectivity index (χ1n) is 8.63. The average molecular weight is 389 g/mol. The lowest BCUT2D eigenvalue weighted by Crippen LogP contribution is -2.50. The van der Waals surface area contributed by atoms with E-state index in [-0.39, 0.29) is 23.6 Å². The van der Waals surface area contributed by atoms with Gasteiger partial charge in [0.1, 0.15) is 22.8 Å². The lowest BCUT2D eigenvalue weighted by molar-refractivity contribution is 0.0697. The molecular formula is C18H16FN3O4S. The maximum Gasteiger partial charge on any atom is 0.342 e. The molecule has 1 unspecified atom stereocenters. The maximum absolute atomic E-state index is 15.1. The summed E-state index contributed by atoms with van der Waals surface area (Å²) in [5, 5.41) is 14.6. The number of rotatable bonds is 2. The number of anilines is 1. The maximum atomic E-state index is 15.1. The van der Waals surface area contributed by atoms with Gasteiger partial charge in [-0.1, -0.05) is 0 Å². The number of carboxylic acids is 1. The second-order valence-corrected chi connectivity index (χ2v) is 7.75. The summed E-state index contributed by atoms with van der Waals surface area (Å²) in [6.45, 7) is 4.18. The van der Waals surface area contributed by atoms with Crippen molar-refractivity contribution in [2.75, 3.05) is 24.5 Å². The molecule has 0 aliphatic carbocycles. The zero-order chi connectivity index (χ0) is 18.9. The monoisotopic (exact) mass is 389 g/mol. The summed E-state index contributed by atoms with van der Waals surface area (Å²) in [6.07, 6.45) is 0. The van der Waals surface area contributed by atoms with Crippen molar-refractivity contribution < 1.29 is 19.0 Å². The number of nitrogens with zero attached hydrogens (tertiary/aromatic N) is 2. The quantitative estimate of drug-likeness (QED) is 0.698. The molecule has 0 saturated carbocycles. The van der Waals surface area contributed by atoms with Gasteiger partial charge in [-0.15, -0.1) is 11.3 Å². The standard InChI is InChI=1S/C18H16FN3O4S/c1-8-5-21(3-2-20-8)15-10-6-26-12-7-27-17-13(18(24)25)16(23)9(4-11(15)19)14(10)22(12)17/h4,7-8,20H,2-3,5-6H2,1H3,(H,24,25). The van der Waals surface area contributed by atoms with Crippen molar-refractivity contribution in [3.63, 3.8) is 0 Å². The van der Waals surface area contributed by atoms with Crippen molar-refractivity contribution in [3.05, 3.63) is 38.6 Å². The SMILES string of the molecule is CC1CN(c2c(F)cc3c(=O)c(C(=O)O)c4scc5n4c3c2CO5)CCN1. The van der Waals surface area contributed by atoms with Gasteiger partial charge in [-0.2, -0.15) is 0 Å². The lowest BCUT2D eigenvalue weighted by Gasteiger charge is -2.36. The van der Waals surface area contributed by atoms with E-state index in [0.29, 0.717) is 40.6 Å². The number of hydrogen-bond acceptors (Lipinski definition) is 6. The zero-order valence-electron chi connectivity index (χ0n) is 14.4. The van der Waals surface area contributed by atoms with E-state index < -0.39 is 17.2 Å². The fraction of sp³-hybridized carbons (Fsp3) is 0.333. The molecule has 0 radical (unpaired) electrons. The summed E-state index contributed by atoms with van der Waals surface area (Å²) in [5.41, 5.74) is 0.564. The fourth-order valence-corrected chi connectivity index (χ4v) is 5.05. The summed E-state index contributed by atoms with van der Waals surface area (Å²) in [6, 6.07) is 1.38. The summed E-state index contributed by atoms with van der Waals surface area (Å²) in [5.74, 6) is -1.38. The molecule has 1 aromatic carbocycles. The molecular weight excluding hydrogens is 373 g/mol. The van der Waals surface area contributed by atoms with E-state index in [1.54, 1.807) is 9.78 Å². The third kappa shape index (κ3) is 2.21. The van der Waals surface area contributed by atoms with Crippen molar-refractivity contribution in [1.29, 1.82) is 0 Å². The molecule has 3 aromatic rings. The van der Waals surface area contributed by atoms with Gasteiger partial charge in [0.2, 0.25) is 11.3 Å². The van der Waals surface area contributed by atoms with E-state index in [1.807, 2.05) is 11.8 Å². The highest BCUT2D eigenvalue weighted by atomic mass is 32.1. The molecule has 1 fully saturated rings. The normalized spacial score (nSPS) is 19.0. The first-order chi connectivity index (χ1) is 13.0. The van der Waals surface area contributed by atoms with Crippen LogP contribution in [0.5, 0.6) is 5.88 Å². The molecule has 2 aliphatic heterocycles. The van der Waals surface area contributed by atoms with E-state index in [9.17, 15) is 14.7 Å². The van der Waals surface area contributed by atoms with Crippen molar-refractivity contribution >= 4 is 38.7 Å². The number of carboxylic acid groups (broad SMARTS) is 1. The highest BCUT2D eigenvalue weighted by Crippen LogP contribution is 2.39. The second kappa shape index (κ2) is 5.67. The van der Waals surface area contributed by atoms with Gasteiger partial charge in [-0.3, -0.25) is 9.20 Å². The Hall–Kier alpha value is -2.65. The highest BCUT2D eigenvalue weighted by Gasteiger charge is 2.31. The van der Waals surface area contributed by atoms with Gasteiger partial charge in [0.25, 0.3) is 0 Å². The number of benzene rings is 1. The number of aromatic carboxylic acids is 1. The van der Waals surface area contributed by atoms with E-state index in [0.717, 1.165) is 17.9 Å². The predicted molar refractivity (Wildman–Crippen MR) is 100.0 cm³/mol. The number of pyridine rings is 1. The Kier molecular flexibility index (Phi) is 3.47. The number of piperazine rings is 1.